The third-order valence-electron chi connectivity index (χ3n) is 5.33. The summed E-state index contributed by atoms with van der Waals surface area (Å²) in [7, 11) is 0. The van der Waals surface area contributed by atoms with Crippen LogP contribution < -0.4 is 10.6 Å². The van der Waals surface area contributed by atoms with E-state index in [1.54, 1.807) is 25.7 Å². The van der Waals surface area contributed by atoms with Gasteiger partial charge in [-0.1, -0.05) is 50.5 Å². The van der Waals surface area contributed by atoms with E-state index in [4.69, 9.17) is 4.74 Å². The first-order valence-corrected chi connectivity index (χ1v) is 12.8. The van der Waals surface area contributed by atoms with Crippen molar-refractivity contribution >= 4 is 30.5 Å². The lowest BCUT2D eigenvalue weighted by molar-refractivity contribution is -0.142. The molecular weight excluding hydrogens is 450 g/mol. The summed E-state index contributed by atoms with van der Waals surface area (Å²) in [6.45, 7) is 14.2. The maximum absolute atomic E-state index is 13.8. The zero-order chi connectivity index (χ0) is 25.9. The Balaban J connectivity index is 3.39. The van der Waals surface area contributed by atoms with E-state index in [1.165, 1.54) is 0 Å². The molecule has 0 aliphatic carbocycles. The summed E-state index contributed by atoms with van der Waals surface area (Å²) in [5.74, 6) is -0.495. The second-order valence-electron chi connectivity index (χ2n) is 9.67. The molecule has 0 aliphatic heterocycles. The van der Waals surface area contributed by atoms with Gasteiger partial charge >= 0.3 is 6.09 Å². The highest BCUT2D eigenvalue weighted by atomic mass is 32.1. The van der Waals surface area contributed by atoms with Crippen LogP contribution in [-0.4, -0.2) is 53.3 Å². The predicted molar refractivity (Wildman–Crippen MR) is 140 cm³/mol. The first kappa shape index (κ1) is 29.8. The molecular formula is C26H43N3O4S. The molecule has 2 unspecified atom stereocenters. The largest absolute Gasteiger partial charge is 0.444 e. The molecule has 2 N–H and O–H groups in total. The lowest BCUT2D eigenvalue weighted by atomic mass is 9.96. The number of rotatable bonds is 12. The van der Waals surface area contributed by atoms with E-state index in [1.807, 2.05) is 39.0 Å². The molecule has 0 aliphatic rings. The van der Waals surface area contributed by atoms with E-state index < -0.39 is 23.8 Å². The first-order chi connectivity index (χ1) is 15.9. The van der Waals surface area contributed by atoms with Crippen LogP contribution in [0.3, 0.4) is 0 Å². The molecule has 1 aromatic carbocycles. The van der Waals surface area contributed by atoms with Gasteiger partial charge in [-0.15, -0.1) is 0 Å². The van der Waals surface area contributed by atoms with Gasteiger partial charge in [0.25, 0.3) is 0 Å². The molecule has 0 saturated carbocycles. The average Bonchev–Trinajstić information content (AvgIpc) is 2.75. The summed E-state index contributed by atoms with van der Waals surface area (Å²) in [4.78, 5) is 41.2. The van der Waals surface area contributed by atoms with Crippen molar-refractivity contribution in [3.63, 3.8) is 0 Å². The van der Waals surface area contributed by atoms with Crippen LogP contribution >= 0.6 is 12.6 Å². The van der Waals surface area contributed by atoms with E-state index in [9.17, 15) is 14.4 Å². The minimum absolute atomic E-state index is 0.0810. The highest BCUT2D eigenvalue weighted by molar-refractivity contribution is 7.80. The number of benzene rings is 1. The summed E-state index contributed by atoms with van der Waals surface area (Å²) in [5, 5.41) is 5.65. The Morgan fingerprint density at radius 3 is 2.29 bits per heavy atom. The van der Waals surface area contributed by atoms with Crippen LogP contribution in [0.15, 0.2) is 18.2 Å². The first-order valence-electron chi connectivity index (χ1n) is 12.2. The highest BCUT2D eigenvalue weighted by Gasteiger charge is 2.36. The normalized spacial score (nSPS) is 13.1. The monoisotopic (exact) mass is 493 g/mol. The van der Waals surface area contributed by atoms with Gasteiger partial charge < -0.3 is 20.3 Å². The van der Waals surface area contributed by atoms with Crippen molar-refractivity contribution in [2.45, 2.75) is 91.8 Å². The molecule has 2 atom stereocenters. The molecule has 0 aromatic heterocycles. The number of hydrogen-bond acceptors (Lipinski definition) is 5. The zero-order valence-corrected chi connectivity index (χ0v) is 22.8. The summed E-state index contributed by atoms with van der Waals surface area (Å²) in [6.07, 6.45) is 2.69. The van der Waals surface area contributed by atoms with Gasteiger partial charge in [-0.05, 0) is 58.6 Å². The van der Waals surface area contributed by atoms with Crippen LogP contribution in [0, 0.1) is 13.8 Å². The van der Waals surface area contributed by atoms with Gasteiger partial charge in [0.05, 0.1) is 0 Å². The Morgan fingerprint density at radius 1 is 1.09 bits per heavy atom. The van der Waals surface area contributed by atoms with Crippen molar-refractivity contribution < 1.29 is 19.1 Å². The van der Waals surface area contributed by atoms with Crippen molar-refractivity contribution in [3.05, 3.63) is 34.9 Å². The van der Waals surface area contributed by atoms with Gasteiger partial charge in [-0.25, -0.2) is 4.79 Å². The molecule has 0 spiro atoms. The maximum atomic E-state index is 13.8. The Morgan fingerprint density at radius 2 is 1.74 bits per heavy atom. The van der Waals surface area contributed by atoms with Gasteiger partial charge in [0.2, 0.25) is 11.8 Å². The Kier molecular flexibility index (Phi) is 12.5. The van der Waals surface area contributed by atoms with Gasteiger partial charge in [0.15, 0.2) is 0 Å². The Bertz CT molecular complexity index is 823. The molecule has 192 valence electrons. The molecule has 3 amide bonds. The standard InChI is InChI=1S/C26H43N3O4S/c1-8-10-14-27-23(30)22(20-16-18(3)12-13-19(20)4)29(15-11-9-2)24(31)21(17-34)28-25(32)33-26(5,6)7/h12-13,16,21-22,34H,8-11,14-15,17H2,1-7H3,(H,27,30)(H,28,32). The van der Waals surface area contributed by atoms with E-state index in [-0.39, 0.29) is 17.6 Å². The molecule has 34 heavy (non-hydrogen) atoms. The average molecular weight is 494 g/mol. The minimum Gasteiger partial charge on any atom is -0.444 e. The van der Waals surface area contributed by atoms with Gasteiger partial charge in [-0.3, -0.25) is 9.59 Å². The van der Waals surface area contributed by atoms with Crippen molar-refractivity contribution in [3.8, 4) is 0 Å². The number of alkyl carbamates (subject to hydrolysis) is 1. The lowest BCUT2D eigenvalue weighted by Gasteiger charge is -2.35. The van der Waals surface area contributed by atoms with E-state index in [2.05, 4.69) is 30.2 Å². The topological polar surface area (TPSA) is 87.7 Å². The van der Waals surface area contributed by atoms with E-state index in [0.29, 0.717) is 13.1 Å². The summed E-state index contributed by atoms with van der Waals surface area (Å²) in [6, 6.07) is 4.19. The smallest absolute Gasteiger partial charge is 0.408 e. The predicted octanol–water partition coefficient (Wildman–Crippen LogP) is 4.71. The molecule has 1 rings (SSSR count). The molecule has 8 heteroatoms. The van der Waals surface area contributed by atoms with Crippen LogP contribution in [0.1, 0.15) is 83.0 Å². The summed E-state index contributed by atoms with van der Waals surface area (Å²) < 4.78 is 5.34. The molecule has 0 radical (unpaired) electrons. The number of thiol groups is 1. The van der Waals surface area contributed by atoms with E-state index >= 15 is 0 Å². The van der Waals surface area contributed by atoms with Crippen LogP contribution in [0.5, 0.6) is 0 Å². The number of carbonyl (C=O) groups is 3. The van der Waals surface area contributed by atoms with Gasteiger partial charge in [0, 0.05) is 18.8 Å². The fourth-order valence-electron chi connectivity index (χ4n) is 3.52. The summed E-state index contributed by atoms with van der Waals surface area (Å²) in [5.41, 5.74) is 2.02. The fourth-order valence-corrected chi connectivity index (χ4v) is 3.77. The number of carbonyl (C=O) groups excluding carboxylic acids is 3. The number of hydrogen-bond donors (Lipinski definition) is 3. The molecule has 1 aromatic rings. The highest BCUT2D eigenvalue weighted by Crippen LogP contribution is 2.27. The lowest BCUT2D eigenvalue weighted by Crippen LogP contribution is -2.54. The van der Waals surface area contributed by atoms with E-state index in [0.717, 1.165) is 42.4 Å². The second kappa shape index (κ2) is 14.2. The van der Waals surface area contributed by atoms with Crippen LogP contribution in [0.25, 0.3) is 0 Å². The molecule has 7 nitrogen and oxygen atoms in total. The van der Waals surface area contributed by atoms with Crippen molar-refractivity contribution in [1.29, 1.82) is 0 Å². The minimum atomic E-state index is -0.925. The van der Waals surface area contributed by atoms with Crippen molar-refractivity contribution in [2.24, 2.45) is 0 Å². The van der Waals surface area contributed by atoms with Crippen molar-refractivity contribution in [2.75, 3.05) is 18.8 Å². The number of amides is 3. The molecule has 0 saturated heterocycles. The van der Waals surface area contributed by atoms with Gasteiger partial charge in [0.1, 0.15) is 17.7 Å². The van der Waals surface area contributed by atoms with Crippen molar-refractivity contribution in [1.82, 2.24) is 15.5 Å². The second-order valence-corrected chi connectivity index (χ2v) is 10.0. The van der Waals surface area contributed by atoms with Crippen LogP contribution in [-0.2, 0) is 14.3 Å². The molecule has 0 heterocycles. The Labute approximate surface area is 210 Å². The Hall–Kier alpha value is -2.22. The summed E-state index contributed by atoms with van der Waals surface area (Å²) >= 11 is 4.32. The quantitative estimate of drug-likeness (QED) is 0.291. The van der Waals surface area contributed by atoms with Gasteiger partial charge in [-0.2, -0.15) is 12.6 Å². The third-order valence-corrected chi connectivity index (χ3v) is 5.69. The third kappa shape index (κ3) is 9.57. The number of unbranched alkanes of at least 4 members (excludes halogenated alkanes) is 2. The number of nitrogens with one attached hydrogen (secondary N) is 2. The SMILES string of the molecule is CCCCNC(=O)C(c1cc(C)ccc1C)N(CCCC)C(=O)C(CS)NC(=O)OC(C)(C)C. The molecule has 0 bridgehead atoms. The number of nitrogens with zero attached hydrogens (tertiary/aromatic N) is 1. The van der Waals surface area contributed by atoms with Crippen LogP contribution in [0.4, 0.5) is 4.79 Å². The number of aryl methyl sites for hydroxylation is 2. The maximum Gasteiger partial charge on any atom is 0.408 e. The zero-order valence-electron chi connectivity index (χ0n) is 21.9. The fraction of sp³-hybridized carbons (Fsp3) is 0.654. The number of ether oxygens (including phenoxy) is 1. The molecule has 0 fully saturated rings. The van der Waals surface area contributed by atoms with Crippen LogP contribution in [0.2, 0.25) is 0 Å².